The molecule has 2 heterocycles. The van der Waals surface area contributed by atoms with Crippen molar-refractivity contribution in [2.45, 2.75) is 0 Å². The Bertz CT molecular complexity index is 1240. The molecule has 6 nitrogen and oxygen atoms in total. The van der Waals surface area contributed by atoms with Crippen molar-refractivity contribution in [2.75, 3.05) is 26.1 Å². The zero-order valence-electron chi connectivity index (χ0n) is 17.0. The molecule has 4 rings (SSSR count). The molecule has 150 valence electrons. The van der Waals surface area contributed by atoms with Crippen molar-refractivity contribution >= 4 is 44.0 Å². The number of anilines is 1. The number of pyridine rings is 1. The Morgan fingerprint density at radius 2 is 1.77 bits per heavy atom. The first-order chi connectivity index (χ1) is 14.5. The molecule has 0 aliphatic rings. The minimum atomic E-state index is -0.370. The number of hydrogen-bond donors (Lipinski definition) is 0. The molecule has 4 aromatic rings. The van der Waals surface area contributed by atoms with Crippen molar-refractivity contribution in [3.05, 3.63) is 66.5 Å². The van der Waals surface area contributed by atoms with E-state index in [0.717, 1.165) is 37.9 Å². The number of methoxy groups -OCH3 is 1. The summed E-state index contributed by atoms with van der Waals surface area (Å²) >= 11 is 1.42. The predicted octanol–water partition coefficient (Wildman–Crippen LogP) is 2.47. The van der Waals surface area contributed by atoms with Gasteiger partial charge in [-0.05, 0) is 0 Å². The summed E-state index contributed by atoms with van der Waals surface area (Å²) in [6, 6.07) is 17.7. The summed E-state index contributed by atoms with van der Waals surface area (Å²) in [7, 11) is 5.40. The van der Waals surface area contributed by atoms with Crippen LogP contribution in [0.5, 0.6) is 0 Å². The fourth-order valence-corrected chi connectivity index (χ4v) is 3.88. The fraction of sp³-hybridized carbons (Fsp3) is 0.130. The molecular weight excluding hydrogens is 439 g/mol. The number of aromatic nitrogens is 3. The molecule has 0 spiro atoms. The third kappa shape index (κ3) is 3.79. The van der Waals surface area contributed by atoms with E-state index in [1.165, 1.54) is 24.0 Å². The summed E-state index contributed by atoms with van der Waals surface area (Å²) in [5.74, 6) is -0.370. The standard InChI is InChI=1S/C23H21AsN4O2/c1-28(2)17-9-7-14(8-10-17)20-18(12-19-21(24)25-13-26-22(19)27-20)15-5-4-6-16(11-15)23(29)30-3/h4-13H,24H2,1-3H3. The van der Waals surface area contributed by atoms with E-state index < -0.39 is 0 Å². The average Bonchev–Trinajstić information content (AvgIpc) is 2.78. The monoisotopic (exact) mass is 460 g/mol. The van der Waals surface area contributed by atoms with Gasteiger partial charge in [-0.25, -0.2) is 0 Å². The molecule has 0 aliphatic carbocycles. The number of nitrogens with zero attached hydrogens (tertiary/aromatic N) is 4. The van der Waals surface area contributed by atoms with Gasteiger partial charge in [0.1, 0.15) is 0 Å². The quantitative estimate of drug-likeness (QED) is 0.344. The van der Waals surface area contributed by atoms with Crippen LogP contribution in [0.1, 0.15) is 10.4 Å². The Labute approximate surface area is 183 Å². The topological polar surface area (TPSA) is 68.2 Å². The van der Waals surface area contributed by atoms with E-state index in [1.54, 1.807) is 12.4 Å². The van der Waals surface area contributed by atoms with Gasteiger partial charge >= 0.3 is 183 Å². The van der Waals surface area contributed by atoms with Gasteiger partial charge in [-0.15, -0.1) is 0 Å². The predicted molar refractivity (Wildman–Crippen MR) is 122 cm³/mol. The first-order valence-corrected chi connectivity index (χ1v) is 10.6. The summed E-state index contributed by atoms with van der Waals surface area (Å²) in [6.07, 6.45) is 1.54. The molecule has 1 atom stereocenters. The Kier molecular flexibility index (Phi) is 5.51. The SMILES string of the molecule is COC(=O)c1cccc(-c2cc3c([AsH2])ncnc3nc2-c2ccc(N(C)C)cc2)c1. The van der Waals surface area contributed by atoms with Crippen LogP contribution in [0.15, 0.2) is 60.9 Å². The third-order valence-electron chi connectivity index (χ3n) is 4.91. The van der Waals surface area contributed by atoms with Gasteiger partial charge in [0.2, 0.25) is 0 Å². The summed E-state index contributed by atoms with van der Waals surface area (Å²) in [4.78, 5) is 27.7. The Morgan fingerprint density at radius 1 is 1.00 bits per heavy atom. The van der Waals surface area contributed by atoms with Crippen molar-refractivity contribution in [3.63, 3.8) is 0 Å². The summed E-state index contributed by atoms with van der Waals surface area (Å²) < 4.78 is 5.81. The van der Waals surface area contributed by atoms with E-state index in [9.17, 15) is 4.79 Å². The molecule has 1 unspecified atom stereocenters. The number of benzene rings is 2. The summed E-state index contributed by atoms with van der Waals surface area (Å²) in [5.41, 5.74) is 5.84. The van der Waals surface area contributed by atoms with E-state index in [4.69, 9.17) is 9.72 Å². The first kappa shape index (κ1) is 20.0. The molecule has 2 aromatic carbocycles. The third-order valence-corrected chi connectivity index (χ3v) is 5.87. The van der Waals surface area contributed by atoms with E-state index in [1.807, 2.05) is 32.3 Å². The second kappa shape index (κ2) is 8.25. The van der Waals surface area contributed by atoms with Gasteiger partial charge in [-0.1, -0.05) is 0 Å². The Balaban J connectivity index is 1.96. The van der Waals surface area contributed by atoms with E-state index in [0.29, 0.717) is 11.2 Å². The van der Waals surface area contributed by atoms with Crippen LogP contribution in [-0.2, 0) is 4.74 Å². The van der Waals surface area contributed by atoms with Crippen molar-refractivity contribution < 1.29 is 9.53 Å². The van der Waals surface area contributed by atoms with E-state index in [-0.39, 0.29) is 5.97 Å². The molecule has 0 amide bonds. The number of carbonyl (C=O) groups excluding carboxylic acids is 1. The minimum absolute atomic E-state index is 0.370. The molecule has 0 saturated heterocycles. The number of hydrogen-bond acceptors (Lipinski definition) is 6. The van der Waals surface area contributed by atoms with Crippen LogP contribution < -0.4 is 9.38 Å². The molecule has 0 saturated carbocycles. The van der Waals surface area contributed by atoms with Crippen LogP contribution in [0, 0.1) is 0 Å². The van der Waals surface area contributed by atoms with E-state index >= 15 is 0 Å². The van der Waals surface area contributed by atoms with Gasteiger partial charge in [0.25, 0.3) is 0 Å². The average molecular weight is 460 g/mol. The summed E-state index contributed by atoms with van der Waals surface area (Å²) in [6.45, 7) is 0. The van der Waals surface area contributed by atoms with Gasteiger partial charge in [-0.3, -0.25) is 0 Å². The number of fused-ring (bicyclic) bond motifs is 1. The van der Waals surface area contributed by atoms with Crippen LogP contribution in [-0.4, -0.2) is 59.0 Å². The molecule has 2 aromatic heterocycles. The molecule has 0 aliphatic heterocycles. The van der Waals surface area contributed by atoms with Crippen LogP contribution in [0.4, 0.5) is 5.69 Å². The van der Waals surface area contributed by atoms with Crippen molar-refractivity contribution in [2.24, 2.45) is 0 Å². The van der Waals surface area contributed by atoms with Crippen molar-refractivity contribution in [1.29, 1.82) is 0 Å². The maximum atomic E-state index is 12.1. The number of rotatable bonds is 4. The van der Waals surface area contributed by atoms with Crippen LogP contribution >= 0.6 is 0 Å². The number of esters is 1. The van der Waals surface area contributed by atoms with Gasteiger partial charge < -0.3 is 0 Å². The molecule has 0 bridgehead atoms. The zero-order chi connectivity index (χ0) is 21.3. The number of carbonyl (C=O) groups is 1. The van der Waals surface area contributed by atoms with Gasteiger partial charge in [0.15, 0.2) is 0 Å². The fourth-order valence-electron chi connectivity index (χ4n) is 3.29. The normalized spacial score (nSPS) is 10.8. The molecule has 0 radical (unpaired) electrons. The number of ether oxygens (including phenoxy) is 1. The molecule has 0 fully saturated rings. The zero-order valence-corrected chi connectivity index (χ0v) is 19.4. The first-order valence-electron chi connectivity index (χ1n) is 9.35. The molecule has 30 heavy (non-hydrogen) atoms. The van der Waals surface area contributed by atoms with Crippen LogP contribution in [0.3, 0.4) is 0 Å². The maximum absolute atomic E-state index is 12.1. The summed E-state index contributed by atoms with van der Waals surface area (Å²) in [5, 5.41) is 0.907. The molecular formula is C23H21AsN4O2. The van der Waals surface area contributed by atoms with Gasteiger partial charge in [0, 0.05) is 0 Å². The Hall–Kier alpha value is -3.24. The van der Waals surface area contributed by atoms with Gasteiger partial charge in [-0.2, -0.15) is 0 Å². The van der Waals surface area contributed by atoms with Crippen molar-refractivity contribution in [3.8, 4) is 22.4 Å². The second-order valence-corrected chi connectivity index (χ2v) is 8.18. The Morgan fingerprint density at radius 3 is 2.47 bits per heavy atom. The van der Waals surface area contributed by atoms with E-state index in [2.05, 4.69) is 45.2 Å². The van der Waals surface area contributed by atoms with Crippen LogP contribution in [0.2, 0.25) is 0 Å². The molecule has 0 N–H and O–H groups in total. The molecule has 7 heteroatoms. The van der Waals surface area contributed by atoms with Crippen LogP contribution in [0.25, 0.3) is 33.4 Å². The van der Waals surface area contributed by atoms with Crippen molar-refractivity contribution in [1.82, 2.24) is 15.0 Å². The second-order valence-electron chi connectivity index (χ2n) is 7.03. The van der Waals surface area contributed by atoms with Gasteiger partial charge in [0.05, 0.1) is 0 Å².